The molecule has 5 rings (SSSR count). The van der Waals surface area contributed by atoms with E-state index < -0.39 is 0 Å². The lowest BCUT2D eigenvalue weighted by Gasteiger charge is -2.54. The summed E-state index contributed by atoms with van der Waals surface area (Å²) in [5.41, 5.74) is 3.89. The Kier molecular flexibility index (Phi) is 9.07. The second-order valence-corrected chi connectivity index (χ2v) is 10.9. The van der Waals surface area contributed by atoms with E-state index in [-0.39, 0.29) is 12.4 Å². The highest BCUT2D eigenvalue weighted by Crippen LogP contribution is 2.59. The number of hydrogen-bond donors (Lipinski definition) is 0. The summed E-state index contributed by atoms with van der Waals surface area (Å²) in [6.07, 6.45) is 21.8. The van der Waals surface area contributed by atoms with Crippen molar-refractivity contribution in [3.05, 3.63) is 47.5 Å². The SMILES string of the molecule is CCCC/C=C/CO[C@H]1CO[C@H](c2ccc(C34CCC(CCCCC)(CC3)CC4)cc2)CO1. The summed E-state index contributed by atoms with van der Waals surface area (Å²) in [6.45, 7) is 6.19. The molecule has 184 valence electrons. The van der Waals surface area contributed by atoms with Crippen LogP contribution in [0.15, 0.2) is 36.4 Å². The van der Waals surface area contributed by atoms with Crippen molar-refractivity contribution in [2.75, 3.05) is 19.8 Å². The monoisotopic (exact) mass is 454 g/mol. The summed E-state index contributed by atoms with van der Waals surface area (Å²) in [7, 11) is 0. The molecule has 2 bridgehead atoms. The van der Waals surface area contributed by atoms with Crippen LogP contribution in [-0.2, 0) is 19.6 Å². The van der Waals surface area contributed by atoms with Crippen LogP contribution < -0.4 is 0 Å². The fourth-order valence-corrected chi connectivity index (χ4v) is 6.32. The molecule has 0 aromatic heterocycles. The third kappa shape index (κ3) is 6.29. The maximum absolute atomic E-state index is 6.10. The number of unbranched alkanes of at least 4 members (excludes halogenated alkanes) is 4. The van der Waals surface area contributed by atoms with Gasteiger partial charge in [-0.25, -0.2) is 0 Å². The molecule has 1 aromatic rings. The zero-order valence-electron chi connectivity index (χ0n) is 21.2. The topological polar surface area (TPSA) is 27.7 Å². The molecule has 1 saturated heterocycles. The molecule has 3 heteroatoms. The van der Waals surface area contributed by atoms with E-state index in [1.54, 1.807) is 5.56 Å². The van der Waals surface area contributed by atoms with E-state index >= 15 is 0 Å². The summed E-state index contributed by atoms with van der Waals surface area (Å²) in [5.74, 6) is 0. The highest BCUT2D eigenvalue weighted by Gasteiger charge is 2.48. The largest absolute Gasteiger partial charge is 0.366 e. The van der Waals surface area contributed by atoms with Gasteiger partial charge in [-0.05, 0) is 73.3 Å². The summed E-state index contributed by atoms with van der Waals surface area (Å²) >= 11 is 0. The Bertz CT molecular complexity index is 705. The molecule has 2 atom stereocenters. The predicted octanol–water partition coefficient (Wildman–Crippen LogP) is 8.04. The molecule has 3 saturated carbocycles. The first-order chi connectivity index (χ1) is 16.2. The zero-order valence-corrected chi connectivity index (χ0v) is 21.2. The summed E-state index contributed by atoms with van der Waals surface area (Å²) in [4.78, 5) is 0. The van der Waals surface area contributed by atoms with Crippen molar-refractivity contribution in [3.8, 4) is 0 Å². The van der Waals surface area contributed by atoms with Gasteiger partial charge in [-0.2, -0.15) is 0 Å². The van der Waals surface area contributed by atoms with Crippen LogP contribution in [0.4, 0.5) is 0 Å². The van der Waals surface area contributed by atoms with E-state index in [4.69, 9.17) is 14.2 Å². The van der Waals surface area contributed by atoms with Gasteiger partial charge in [0.1, 0.15) is 6.10 Å². The lowest BCUT2D eigenvalue weighted by molar-refractivity contribution is -0.232. The Morgan fingerprint density at radius 2 is 1.58 bits per heavy atom. The molecule has 0 spiro atoms. The minimum atomic E-state index is -0.252. The van der Waals surface area contributed by atoms with Gasteiger partial charge < -0.3 is 14.2 Å². The molecule has 4 aliphatic rings. The number of ether oxygens (including phenoxy) is 3. The highest BCUT2D eigenvalue weighted by molar-refractivity contribution is 5.32. The van der Waals surface area contributed by atoms with Gasteiger partial charge in [0, 0.05) is 0 Å². The third-order valence-electron chi connectivity index (χ3n) is 8.74. The molecule has 33 heavy (non-hydrogen) atoms. The van der Waals surface area contributed by atoms with Gasteiger partial charge in [0.25, 0.3) is 0 Å². The number of fused-ring (bicyclic) bond motifs is 3. The normalized spacial score (nSPS) is 31.9. The molecule has 3 aliphatic carbocycles. The number of benzene rings is 1. The van der Waals surface area contributed by atoms with Crippen molar-refractivity contribution in [2.24, 2.45) is 5.41 Å². The van der Waals surface area contributed by atoms with E-state index in [1.807, 2.05) is 0 Å². The van der Waals surface area contributed by atoms with Crippen molar-refractivity contribution in [3.63, 3.8) is 0 Å². The van der Waals surface area contributed by atoms with Crippen molar-refractivity contribution < 1.29 is 14.2 Å². The molecule has 0 N–H and O–H groups in total. The van der Waals surface area contributed by atoms with Crippen LogP contribution in [0.5, 0.6) is 0 Å². The van der Waals surface area contributed by atoms with E-state index in [9.17, 15) is 0 Å². The van der Waals surface area contributed by atoms with Crippen molar-refractivity contribution in [1.29, 1.82) is 0 Å². The van der Waals surface area contributed by atoms with E-state index in [0.29, 0.717) is 30.7 Å². The Balaban J connectivity index is 1.23. The Hall–Kier alpha value is -1.16. The van der Waals surface area contributed by atoms with Crippen molar-refractivity contribution >= 4 is 0 Å². The van der Waals surface area contributed by atoms with Gasteiger partial charge in [0.05, 0.1) is 19.8 Å². The molecule has 0 amide bonds. The number of rotatable bonds is 12. The first-order valence-corrected chi connectivity index (χ1v) is 13.8. The molecule has 0 radical (unpaired) electrons. The molecule has 4 fully saturated rings. The zero-order chi connectivity index (χ0) is 23.0. The van der Waals surface area contributed by atoms with Gasteiger partial charge in [-0.15, -0.1) is 0 Å². The number of allylic oxidation sites excluding steroid dienone is 1. The molecular weight excluding hydrogens is 408 g/mol. The lowest BCUT2D eigenvalue weighted by Crippen LogP contribution is -2.44. The third-order valence-corrected chi connectivity index (χ3v) is 8.74. The van der Waals surface area contributed by atoms with Crippen LogP contribution in [0.2, 0.25) is 0 Å². The Labute approximate surface area is 202 Å². The minimum Gasteiger partial charge on any atom is -0.366 e. The quantitative estimate of drug-likeness (QED) is 0.236. The van der Waals surface area contributed by atoms with Crippen LogP contribution in [0.3, 0.4) is 0 Å². The maximum Gasteiger partial charge on any atom is 0.181 e. The lowest BCUT2D eigenvalue weighted by atomic mass is 9.51. The smallest absolute Gasteiger partial charge is 0.181 e. The van der Waals surface area contributed by atoms with Crippen molar-refractivity contribution in [2.45, 2.75) is 115 Å². The highest BCUT2D eigenvalue weighted by atomic mass is 16.7. The van der Waals surface area contributed by atoms with Crippen molar-refractivity contribution in [1.82, 2.24) is 0 Å². The second kappa shape index (κ2) is 12.0. The molecule has 0 unspecified atom stereocenters. The van der Waals surface area contributed by atoms with Crippen LogP contribution in [0.1, 0.15) is 115 Å². The van der Waals surface area contributed by atoms with Gasteiger partial charge >= 0.3 is 0 Å². The van der Waals surface area contributed by atoms with Crippen LogP contribution >= 0.6 is 0 Å². The van der Waals surface area contributed by atoms with Crippen LogP contribution in [0, 0.1) is 5.41 Å². The maximum atomic E-state index is 6.10. The van der Waals surface area contributed by atoms with E-state index in [2.05, 4.69) is 50.3 Å². The average molecular weight is 455 g/mol. The summed E-state index contributed by atoms with van der Waals surface area (Å²) < 4.78 is 17.8. The van der Waals surface area contributed by atoms with Gasteiger partial charge in [0.15, 0.2) is 6.29 Å². The van der Waals surface area contributed by atoms with Gasteiger partial charge in [0.2, 0.25) is 0 Å². The minimum absolute atomic E-state index is 0.0143. The fourth-order valence-electron chi connectivity index (χ4n) is 6.32. The van der Waals surface area contributed by atoms with E-state index in [1.165, 1.54) is 82.6 Å². The summed E-state index contributed by atoms with van der Waals surface area (Å²) in [5, 5.41) is 0. The second-order valence-electron chi connectivity index (χ2n) is 10.9. The molecule has 3 nitrogen and oxygen atoms in total. The van der Waals surface area contributed by atoms with Gasteiger partial charge in [-0.3, -0.25) is 0 Å². The van der Waals surface area contributed by atoms with Crippen LogP contribution in [-0.4, -0.2) is 26.1 Å². The fraction of sp³-hybridized carbons (Fsp3) is 0.733. The molecule has 1 heterocycles. The standard InChI is InChI=1S/C30H46O3/c1-3-5-7-8-10-22-31-28-24-32-27(23-33-28)25-11-13-26(14-12-25)30-19-16-29(17-20-30,18-21-30)15-9-6-4-2/h8,10-14,27-28H,3-7,9,15-24H2,1-2H3/b10-8+/t27-,28+,29?,30?/m0/s1. The molecule has 1 aromatic carbocycles. The van der Waals surface area contributed by atoms with Crippen LogP contribution in [0.25, 0.3) is 0 Å². The average Bonchev–Trinajstić information content (AvgIpc) is 2.88. The number of hydrogen-bond acceptors (Lipinski definition) is 3. The molecular formula is C30H46O3. The summed E-state index contributed by atoms with van der Waals surface area (Å²) in [6, 6.07) is 9.34. The Morgan fingerprint density at radius 1 is 0.848 bits per heavy atom. The van der Waals surface area contributed by atoms with E-state index in [0.717, 1.165) is 6.42 Å². The Morgan fingerprint density at radius 3 is 2.21 bits per heavy atom. The van der Waals surface area contributed by atoms with Gasteiger partial charge in [-0.1, -0.05) is 82.4 Å². The first kappa shape index (κ1) is 24.9. The first-order valence-electron chi connectivity index (χ1n) is 13.8. The molecule has 1 aliphatic heterocycles. The predicted molar refractivity (Wildman–Crippen MR) is 135 cm³/mol.